The summed E-state index contributed by atoms with van der Waals surface area (Å²) in [5, 5.41) is 21.4. The molecule has 0 aromatic carbocycles. The molecule has 0 saturated heterocycles. The summed E-state index contributed by atoms with van der Waals surface area (Å²) in [6, 6.07) is 0. The molecule has 0 fully saturated rings. The lowest BCUT2D eigenvalue weighted by atomic mass is 9.72. The fourth-order valence-corrected chi connectivity index (χ4v) is 8.06. The molecule has 0 aliphatic carbocycles. The van der Waals surface area contributed by atoms with Crippen LogP contribution in [0.15, 0.2) is 0 Å². The lowest BCUT2D eigenvalue weighted by Crippen LogP contribution is -2.65. The topological polar surface area (TPSA) is 94.9 Å². The molecule has 0 spiro atoms. The lowest BCUT2D eigenvalue weighted by Gasteiger charge is -2.45. The molecule has 1 unspecified atom stereocenters. The number of carbonyl (C=O) groups is 3. The van der Waals surface area contributed by atoms with Crippen LogP contribution in [0.25, 0.3) is 0 Å². The van der Waals surface area contributed by atoms with E-state index in [4.69, 9.17) is 0 Å². The molecule has 0 aromatic rings. The number of hydrogen-bond donors (Lipinski definition) is 2. The first-order valence-electron chi connectivity index (χ1n) is 22.6. The molecule has 0 saturated carbocycles. The second kappa shape index (κ2) is 35.6. The number of carbonyl (C=O) groups excluding carboxylic acids is 1. The van der Waals surface area contributed by atoms with Crippen LogP contribution in [0, 0.1) is 5.92 Å². The van der Waals surface area contributed by atoms with Crippen molar-refractivity contribution in [3.8, 4) is 0 Å². The first kappa shape index (κ1) is 49.6. The highest BCUT2D eigenvalue weighted by atomic mass is 16.4. The number of carboxylic acid groups (broad SMARTS) is 2. The van der Waals surface area contributed by atoms with Crippen LogP contribution in [0.5, 0.6) is 0 Å². The molecular formula is C45H87NO5. The zero-order valence-electron chi connectivity index (χ0n) is 34.6. The van der Waals surface area contributed by atoms with Crippen LogP contribution in [-0.2, 0) is 14.4 Å². The van der Waals surface area contributed by atoms with Crippen molar-refractivity contribution in [3.63, 3.8) is 0 Å². The Hall–Kier alpha value is -1.43. The van der Waals surface area contributed by atoms with Crippen LogP contribution in [0.3, 0.4) is 0 Å². The number of carboxylic acids is 2. The third-order valence-corrected chi connectivity index (χ3v) is 11.2. The normalized spacial score (nSPS) is 13.4. The zero-order valence-corrected chi connectivity index (χ0v) is 34.6. The van der Waals surface area contributed by atoms with Crippen LogP contribution < -0.4 is 0 Å². The summed E-state index contributed by atoms with van der Waals surface area (Å²) in [5.41, 5.74) is -1.77. The molecule has 0 radical (unpaired) electrons. The van der Waals surface area contributed by atoms with Crippen molar-refractivity contribution in [1.82, 2.24) is 4.90 Å². The number of Topliss-reactive ketones (excluding diaryl/α,β-unsaturated/α-hetero) is 1. The van der Waals surface area contributed by atoms with Gasteiger partial charge in [-0.2, -0.15) is 0 Å². The number of rotatable bonds is 41. The van der Waals surface area contributed by atoms with Gasteiger partial charge >= 0.3 is 11.9 Å². The van der Waals surface area contributed by atoms with Gasteiger partial charge < -0.3 is 10.2 Å². The van der Waals surface area contributed by atoms with Crippen LogP contribution >= 0.6 is 0 Å². The average Bonchev–Trinajstić information content (AvgIpc) is 3.10. The quantitative estimate of drug-likeness (QED) is 0.0482. The largest absolute Gasteiger partial charge is 0.481 e. The van der Waals surface area contributed by atoms with Gasteiger partial charge in [-0.3, -0.25) is 14.5 Å². The summed E-state index contributed by atoms with van der Waals surface area (Å²) in [7, 11) is 0. The number of ketones is 1. The van der Waals surface area contributed by atoms with E-state index in [1.165, 1.54) is 103 Å². The third-order valence-electron chi connectivity index (χ3n) is 11.2. The van der Waals surface area contributed by atoms with E-state index >= 15 is 0 Å². The van der Waals surface area contributed by atoms with Crippen LogP contribution in [0.1, 0.15) is 246 Å². The van der Waals surface area contributed by atoms with Gasteiger partial charge in [-0.05, 0) is 38.8 Å². The molecule has 51 heavy (non-hydrogen) atoms. The van der Waals surface area contributed by atoms with Gasteiger partial charge in [0.2, 0.25) is 0 Å². The van der Waals surface area contributed by atoms with Crippen molar-refractivity contribution in [1.29, 1.82) is 0 Å². The number of hydrogen-bond acceptors (Lipinski definition) is 4. The van der Waals surface area contributed by atoms with Gasteiger partial charge in [0.15, 0.2) is 11.3 Å². The molecule has 2 atom stereocenters. The smallest absolute Gasteiger partial charge is 0.332 e. The maximum Gasteiger partial charge on any atom is 0.332 e. The minimum atomic E-state index is -1.77. The standard InChI is InChI=1S/C45H87NO5/c1-5-9-13-17-21-23-25-27-31-35-39-46(38-34-30-20-16-12-8-4)45(44(50)51,41(40-43(48)49)36-32-28-19-15-11-7-3)42(47)37-33-29-26-24-22-18-14-10-6-2/h41H,5-40H2,1-4H3,(H,48,49)(H,50,51)/t41?,45-/m1/s1. The van der Waals surface area contributed by atoms with E-state index in [0.29, 0.717) is 25.9 Å². The van der Waals surface area contributed by atoms with Gasteiger partial charge in [-0.1, -0.05) is 207 Å². The van der Waals surface area contributed by atoms with Crippen LogP contribution in [-0.4, -0.2) is 51.5 Å². The fraction of sp³-hybridized carbons (Fsp3) is 0.933. The fourth-order valence-electron chi connectivity index (χ4n) is 8.06. The van der Waals surface area contributed by atoms with E-state index in [2.05, 4.69) is 27.7 Å². The minimum Gasteiger partial charge on any atom is -0.481 e. The number of unbranched alkanes of at least 4 members (excludes halogenated alkanes) is 27. The summed E-state index contributed by atoms with van der Waals surface area (Å²) in [6.45, 7) is 9.98. The molecule has 2 N–H and O–H groups in total. The van der Waals surface area contributed by atoms with Gasteiger partial charge in [-0.15, -0.1) is 0 Å². The maximum atomic E-state index is 14.6. The first-order valence-corrected chi connectivity index (χ1v) is 22.6. The summed E-state index contributed by atoms with van der Waals surface area (Å²) in [5.74, 6) is -3.08. The number of aliphatic carboxylic acids is 2. The molecule has 0 aliphatic rings. The van der Waals surface area contributed by atoms with Crippen molar-refractivity contribution in [2.24, 2.45) is 5.92 Å². The molecular weight excluding hydrogens is 634 g/mol. The van der Waals surface area contributed by atoms with E-state index in [0.717, 1.165) is 89.9 Å². The highest BCUT2D eigenvalue weighted by Gasteiger charge is 2.55. The lowest BCUT2D eigenvalue weighted by molar-refractivity contribution is -0.165. The molecule has 0 aromatic heterocycles. The molecule has 0 heterocycles. The Morgan fingerprint density at radius 3 is 1.10 bits per heavy atom. The Morgan fingerprint density at radius 1 is 0.451 bits per heavy atom. The second-order valence-corrected chi connectivity index (χ2v) is 15.9. The van der Waals surface area contributed by atoms with E-state index in [1.54, 1.807) is 0 Å². The molecule has 0 rings (SSSR count). The Balaban J connectivity index is 6.05. The Morgan fingerprint density at radius 2 is 0.765 bits per heavy atom. The molecule has 0 aliphatic heterocycles. The second-order valence-electron chi connectivity index (χ2n) is 15.9. The third kappa shape index (κ3) is 24.5. The molecule has 0 bridgehead atoms. The van der Waals surface area contributed by atoms with Gasteiger partial charge in [0.25, 0.3) is 0 Å². The van der Waals surface area contributed by atoms with Crippen LogP contribution in [0.4, 0.5) is 0 Å². The van der Waals surface area contributed by atoms with Gasteiger partial charge in [0.1, 0.15) is 0 Å². The SMILES string of the molecule is CCCCCCCCCCCCN(CCCCCCCC)[C@@](C(=O)O)(C(=O)CCCCCCCCCCC)C(CCCCCCCC)CC(=O)O. The van der Waals surface area contributed by atoms with Crippen molar-refractivity contribution in [2.75, 3.05) is 13.1 Å². The van der Waals surface area contributed by atoms with Crippen molar-refractivity contribution >= 4 is 17.7 Å². The molecule has 6 heteroatoms. The van der Waals surface area contributed by atoms with Gasteiger partial charge in [0, 0.05) is 12.3 Å². The monoisotopic (exact) mass is 722 g/mol. The minimum absolute atomic E-state index is 0.222. The average molecular weight is 722 g/mol. The predicted octanol–water partition coefficient (Wildman–Crippen LogP) is 13.7. The van der Waals surface area contributed by atoms with Gasteiger partial charge in [-0.25, -0.2) is 4.79 Å². The Labute approximate surface area is 317 Å². The Bertz CT molecular complexity index is 816. The summed E-state index contributed by atoms with van der Waals surface area (Å²) in [6.07, 6.45) is 35.3. The highest BCUT2D eigenvalue weighted by molar-refractivity contribution is 6.08. The first-order chi connectivity index (χ1) is 24.8. The van der Waals surface area contributed by atoms with Crippen LogP contribution in [0.2, 0.25) is 0 Å². The number of nitrogens with zero attached hydrogens (tertiary/aromatic N) is 1. The summed E-state index contributed by atoms with van der Waals surface area (Å²) >= 11 is 0. The predicted molar refractivity (Wildman–Crippen MR) is 218 cm³/mol. The Kier molecular flexibility index (Phi) is 34.6. The summed E-state index contributed by atoms with van der Waals surface area (Å²) in [4.78, 5) is 42.8. The highest BCUT2D eigenvalue weighted by Crippen LogP contribution is 2.37. The summed E-state index contributed by atoms with van der Waals surface area (Å²) < 4.78 is 0. The molecule has 6 nitrogen and oxygen atoms in total. The maximum absolute atomic E-state index is 14.6. The van der Waals surface area contributed by atoms with Crippen molar-refractivity contribution in [2.45, 2.75) is 252 Å². The zero-order chi connectivity index (χ0) is 37.8. The van der Waals surface area contributed by atoms with E-state index in [-0.39, 0.29) is 18.6 Å². The molecule has 302 valence electrons. The van der Waals surface area contributed by atoms with Gasteiger partial charge in [0.05, 0.1) is 6.42 Å². The molecule has 0 amide bonds. The van der Waals surface area contributed by atoms with Crippen molar-refractivity contribution < 1.29 is 24.6 Å². The van der Waals surface area contributed by atoms with E-state index in [9.17, 15) is 24.6 Å². The van der Waals surface area contributed by atoms with Crippen molar-refractivity contribution in [3.05, 3.63) is 0 Å². The van der Waals surface area contributed by atoms with E-state index < -0.39 is 23.4 Å². The van der Waals surface area contributed by atoms with E-state index in [1.807, 2.05) is 4.90 Å².